The van der Waals surface area contributed by atoms with Crippen LogP contribution in [0.15, 0.2) is 0 Å². The molecule has 0 aliphatic rings. The van der Waals surface area contributed by atoms with Crippen LogP contribution in [0.25, 0.3) is 0 Å². The van der Waals surface area contributed by atoms with E-state index in [1.807, 2.05) is 0 Å². The molecule has 0 bridgehead atoms. The number of rotatable bonds is 0. The van der Waals surface area contributed by atoms with E-state index in [0.717, 1.165) is 0 Å². The Balaban J connectivity index is 0. The summed E-state index contributed by atoms with van der Waals surface area (Å²) in [6.07, 6.45) is 0. The SMILES string of the molecule is Cl.Cl.Cl.[Ca+2].[H-].[H-].[H-].[H-].[K+].[Li+]. The molecule has 0 unspecified atom stereocenters. The van der Waals surface area contributed by atoms with E-state index in [1.54, 1.807) is 0 Å². The molecule has 0 radical (unpaired) electrons. The van der Waals surface area contributed by atoms with Gasteiger partial charge in [-0.25, -0.2) is 0 Å². The monoisotopic (exact) mass is 198 g/mol. The van der Waals surface area contributed by atoms with E-state index in [-0.39, 0.29) is 151 Å². The molecule has 0 atom stereocenters. The molecule has 0 aromatic heterocycles. The minimum atomic E-state index is 0. The molecule has 0 saturated heterocycles. The first-order valence-electron chi connectivity index (χ1n) is 0. The molecule has 0 amide bonds. The average molecular weight is 200 g/mol. The predicted molar refractivity (Wildman–Crippen MR) is 31.9 cm³/mol. The molecule has 0 aromatic carbocycles. The van der Waals surface area contributed by atoms with Crippen LogP contribution in [0.5, 0.6) is 0 Å². The van der Waals surface area contributed by atoms with Gasteiger partial charge < -0.3 is 5.71 Å². The van der Waals surface area contributed by atoms with Crippen LogP contribution in [0.3, 0.4) is 0 Å². The zero-order valence-electron chi connectivity index (χ0n) is 7.93. The molecule has 0 aliphatic carbocycles. The summed E-state index contributed by atoms with van der Waals surface area (Å²) in [5, 5.41) is 0. The third-order valence-corrected chi connectivity index (χ3v) is 0. The number of hydrogen-bond acceptors (Lipinski definition) is 0. The Hall–Kier alpha value is 4.36. The first-order chi connectivity index (χ1) is 0. The second-order valence-electron chi connectivity index (χ2n) is 0. The molecule has 0 spiro atoms. The first kappa shape index (κ1) is 47.7. The van der Waals surface area contributed by atoms with Gasteiger partial charge in [0.05, 0.1) is 0 Å². The van der Waals surface area contributed by atoms with E-state index in [4.69, 9.17) is 0 Å². The van der Waals surface area contributed by atoms with E-state index < -0.39 is 0 Å². The van der Waals surface area contributed by atoms with Crippen molar-refractivity contribution in [2.75, 3.05) is 0 Å². The minimum Gasteiger partial charge on any atom is -1.00 e. The van der Waals surface area contributed by atoms with Gasteiger partial charge in [0, 0.05) is 0 Å². The second-order valence-corrected chi connectivity index (χ2v) is 0. The maximum Gasteiger partial charge on any atom is 2.00 e. The molecule has 0 nitrogen and oxygen atoms in total. The average Bonchev–Trinajstić information content (AvgIpc) is 0. The van der Waals surface area contributed by atoms with Crippen LogP contribution in [0.2, 0.25) is 0 Å². The molecular weight excluding hydrogens is 192 g/mol. The second kappa shape index (κ2) is 34.4. The summed E-state index contributed by atoms with van der Waals surface area (Å²) >= 11 is 0. The first-order valence-corrected chi connectivity index (χ1v) is 0. The maximum absolute atomic E-state index is 0. The topological polar surface area (TPSA) is 0 Å². The Labute approximate surface area is 147 Å². The minimum absolute atomic E-state index is 0. The van der Waals surface area contributed by atoms with Gasteiger partial charge in [-0.2, -0.15) is 0 Å². The smallest absolute Gasteiger partial charge is 1.00 e. The summed E-state index contributed by atoms with van der Waals surface area (Å²) in [4.78, 5) is 0. The summed E-state index contributed by atoms with van der Waals surface area (Å²) in [6, 6.07) is 0. The molecule has 0 aromatic rings. The van der Waals surface area contributed by atoms with Crippen LogP contribution in [0.1, 0.15) is 5.71 Å². The zero-order chi connectivity index (χ0) is 0. The summed E-state index contributed by atoms with van der Waals surface area (Å²) in [5.74, 6) is 0. The Morgan fingerprint density at radius 2 is 0.833 bits per heavy atom. The largest absolute Gasteiger partial charge is 2.00 e. The molecule has 0 aliphatic heterocycles. The van der Waals surface area contributed by atoms with Crippen LogP contribution < -0.4 is 70.2 Å². The number of hydrogen-bond donors (Lipinski definition) is 0. The van der Waals surface area contributed by atoms with Gasteiger partial charge in [0.2, 0.25) is 0 Å². The molecule has 0 rings (SSSR count). The summed E-state index contributed by atoms with van der Waals surface area (Å²) in [5.41, 5.74) is 0. The maximum atomic E-state index is 0. The van der Waals surface area contributed by atoms with Crippen molar-refractivity contribution < 1.29 is 76.0 Å². The molecule has 0 saturated carbocycles. The van der Waals surface area contributed by atoms with Gasteiger partial charge in [-0.15, -0.1) is 37.2 Å². The van der Waals surface area contributed by atoms with Gasteiger partial charge >= 0.3 is 108 Å². The molecule has 6 heteroatoms. The fourth-order valence-electron chi connectivity index (χ4n) is 0. The summed E-state index contributed by atoms with van der Waals surface area (Å²) < 4.78 is 0. The van der Waals surface area contributed by atoms with Crippen molar-refractivity contribution in [1.82, 2.24) is 0 Å². The van der Waals surface area contributed by atoms with Crippen molar-refractivity contribution in [3.8, 4) is 0 Å². The quantitative estimate of drug-likeness (QED) is 0.344. The van der Waals surface area contributed by atoms with Crippen molar-refractivity contribution in [3.05, 3.63) is 0 Å². The fraction of sp³-hybridized carbons (Fsp3) is 0. The van der Waals surface area contributed by atoms with Crippen molar-refractivity contribution in [2.45, 2.75) is 0 Å². The Morgan fingerprint density at radius 3 is 0.833 bits per heavy atom. The third kappa shape index (κ3) is 23.8. The normalized spacial score (nSPS) is 0. The van der Waals surface area contributed by atoms with E-state index in [1.165, 1.54) is 0 Å². The van der Waals surface area contributed by atoms with E-state index >= 15 is 0 Å². The van der Waals surface area contributed by atoms with E-state index in [2.05, 4.69) is 0 Å². The van der Waals surface area contributed by atoms with Gasteiger partial charge in [0.1, 0.15) is 0 Å². The van der Waals surface area contributed by atoms with Gasteiger partial charge in [-0.1, -0.05) is 0 Å². The van der Waals surface area contributed by atoms with Gasteiger partial charge in [0.15, 0.2) is 0 Å². The van der Waals surface area contributed by atoms with Crippen molar-refractivity contribution >= 4 is 75.0 Å². The van der Waals surface area contributed by atoms with Crippen molar-refractivity contribution in [2.24, 2.45) is 0 Å². The molecular formula is H7CaCl3KLi. The van der Waals surface area contributed by atoms with Crippen LogP contribution in [0.4, 0.5) is 0 Å². The molecule has 0 heterocycles. The van der Waals surface area contributed by atoms with E-state index in [9.17, 15) is 0 Å². The molecule has 0 N–H and O–H groups in total. The molecule has 6 heavy (non-hydrogen) atoms. The van der Waals surface area contributed by atoms with Crippen LogP contribution in [-0.4, -0.2) is 37.7 Å². The van der Waals surface area contributed by atoms with Gasteiger partial charge in [-0.05, 0) is 0 Å². The van der Waals surface area contributed by atoms with Gasteiger partial charge in [-0.3, -0.25) is 0 Å². The van der Waals surface area contributed by atoms with Crippen LogP contribution >= 0.6 is 37.2 Å². The molecule has 32 valence electrons. The van der Waals surface area contributed by atoms with E-state index in [0.29, 0.717) is 0 Å². The fourth-order valence-corrected chi connectivity index (χ4v) is 0. The summed E-state index contributed by atoms with van der Waals surface area (Å²) in [6.45, 7) is 0. The summed E-state index contributed by atoms with van der Waals surface area (Å²) in [7, 11) is 0. The number of halogens is 3. The van der Waals surface area contributed by atoms with Crippen LogP contribution in [0, 0.1) is 0 Å². The molecule has 0 fully saturated rings. The zero-order valence-corrected chi connectivity index (χ0v) is 11.7. The standard InChI is InChI=1S/Ca.3ClH.K.Li.4H/h;3*1H;;;;;;/q+2;;;;2*+1;4*-1. The Bertz CT molecular complexity index is 20.5. The van der Waals surface area contributed by atoms with Crippen molar-refractivity contribution in [1.29, 1.82) is 0 Å². The van der Waals surface area contributed by atoms with Crippen molar-refractivity contribution in [3.63, 3.8) is 0 Å². The third-order valence-electron chi connectivity index (χ3n) is 0. The van der Waals surface area contributed by atoms with Crippen LogP contribution in [-0.2, 0) is 0 Å². The Kier molecular flexibility index (Phi) is 274. The van der Waals surface area contributed by atoms with Gasteiger partial charge in [0.25, 0.3) is 0 Å². The predicted octanol–water partition coefficient (Wildman–Crippen LogP) is -4.66. The Morgan fingerprint density at radius 1 is 0.833 bits per heavy atom.